The molecule has 1 spiro atoms. The molecule has 0 unspecified atom stereocenters. The first-order valence-electron chi connectivity index (χ1n) is 5.69. The van der Waals surface area contributed by atoms with Gasteiger partial charge in [0.05, 0.1) is 6.61 Å². The zero-order valence-electron chi connectivity index (χ0n) is 8.28. The predicted molar refractivity (Wildman–Crippen MR) is 54.0 cm³/mol. The topological polar surface area (TPSA) is 12.5 Å². The first-order valence-corrected chi connectivity index (χ1v) is 5.69. The lowest BCUT2D eigenvalue weighted by molar-refractivity contribution is 0.000155. The van der Waals surface area contributed by atoms with Gasteiger partial charge in [-0.1, -0.05) is 18.2 Å². The molecule has 0 aromatic heterocycles. The lowest BCUT2D eigenvalue weighted by atomic mass is 9.81. The van der Waals surface area contributed by atoms with E-state index in [-0.39, 0.29) is 5.60 Å². The van der Waals surface area contributed by atoms with E-state index in [0.29, 0.717) is 12.1 Å². The van der Waals surface area contributed by atoms with Crippen LogP contribution in [0.15, 0.2) is 23.8 Å². The molecule has 2 nitrogen and oxygen atoms in total. The number of nitrogens with zero attached hydrogens (tertiary/aromatic N) is 1. The van der Waals surface area contributed by atoms with Gasteiger partial charge in [0.25, 0.3) is 0 Å². The summed E-state index contributed by atoms with van der Waals surface area (Å²) in [6.07, 6.45) is 10.8. The van der Waals surface area contributed by atoms with Crippen LogP contribution in [0.2, 0.25) is 0 Å². The molecule has 0 aromatic carbocycles. The van der Waals surface area contributed by atoms with Gasteiger partial charge in [-0.3, -0.25) is 4.90 Å². The highest BCUT2D eigenvalue weighted by atomic mass is 16.5. The van der Waals surface area contributed by atoms with Gasteiger partial charge in [0, 0.05) is 18.5 Å². The Labute approximate surface area is 84.2 Å². The molecule has 3 heterocycles. The van der Waals surface area contributed by atoms with Crippen LogP contribution in [-0.2, 0) is 4.74 Å². The number of hydrogen-bond donors (Lipinski definition) is 0. The van der Waals surface area contributed by atoms with Crippen molar-refractivity contribution in [1.29, 1.82) is 0 Å². The number of hydrogen-bond acceptors (Lipinski definition) is 2. The molecule has 4 aliphatic rings. The molecule has 4 rings (SSSR count). The maximum atomic E-state index is 6.06. The van der Waals surface area contributed by atoms with Crippen molar-refractivity contribution in [3.05, 3.63) is 23.8 Å². The van der Waals surface area contributed by atoms with Gasteiger partial charge in [-0.2, -0.15) is 0 Å². The van der Waals surface area contributed by atoms with E-state index in [9.17, 15) is 0 Å². The minimum atomic E-state index is 0.107. The Morgan fingerprint density at radius 2 is 2.50 bits per heavy atom. The van der Waals surface area contributed by atoms with Crippen LogP contribution in [0, 0.1) is 0 Å². The Hall–Kier alpha value is -0.600. The maximum absolute atomic E-state index is 6.06. The summed E-state index contributed by atoms with van der Waals surface area (Å²) in [4.78, 5) is 2.66. The highest BCUT2D eigenvalue weighted by Gasteiger charge is 2.58. The van der Waals surface area contributed by atoms with Gasteiger partial charge in [0.15, 0.2) is 0 Å². The van der Waals surface area contributed by atoms with Gasteiger partial charge in [0.1, 0.15) is 5.60 Å². The number of rotatable bonds is 0. The average molecular weight is 189 g/mol. The second-order valence-electron chi connectivity index (χ2n) is 4.89. The third-order valence-electron chi connectivity index (χ3n) is 4.40. The zero-order chi connectivity index (χ0) is 9.17. The van der Waals surface area contributed by atoms with Gasteiger partial charge in [-0.05, 0) is 25.0 Å². The molecule has 2 fully saturated rings. The Morgan fingerprint density at radius 1 is 1.50 bits per heavy atom. The zero-order valence-corrected chi connectivity index (χ0v) is 8.28. The van der Waals surface area contributed by atoms with E-state index < -0.39 is 0 Å². The molecule has 1 aliphatic carbocycles. The van der Waals surface area contributed by atoms with Crippen molar-refractivity contribution in [2.45, 2.75) is 36.9 Å². The fourth-order valence-electron chi connectivity index (χ4n) is 3.85. The first-order chi connectivity index (χ1) is 6.90. The predicted octanol–water partition coefficient (Wildman–Crippen LogP) is 1.49. The van der Waals surface area contributed by atoms with Crippen molar-refractivity contribution in [2.75, 3.05) is 13.2 Å². The van der Waals surface area contributed by atoms with Crippen LogP contribution in [0.25, 0.3) is 0 Å². The van der Waals surface area contributed by atoms with Crippen LogP contribution in [0.4, 0.5) is 0 Å². The summed E-state index contributed by atoms with van der Waals surface area (Å²) in [6.45, 7) is 2.11. The van der Waals surface area contributed by atoms with Crippen LogP contribution < -0.4 is 0 Å². The van der Waals surface area contributed by atoms with E-state index in [1.54, 1.807) is 0 Å². The molecule has 0 radical (unpaired) electrons. The lowest BCUT2D eigenvalue weighted by Gasteiger charge is -2.32. The van der Waals surface area contributed by atoms with E-state index in [2.05, 4.69) is 23.1 Å². The van der Waals surface area contributed by atoms with Gasteiger partial charge >= 0.3 is 0 Å². The quantitative estimate of drug-likeness (QED) is 0.572. The largest absolute Gasteiger partial charge is 0.365 e. The first kappa shape index (κ1) is 7.66. The third-order valence-corrected chi connectivity index (χ3v) is 4.40. The van der Waals surface area contributed by atoms with E-state index in [4.69, 9.17) is 4.74 Å². The van der Waals surface area contributed by atoms with Crippen LogP contribution in [0.3, 0.4) is 0 Å². The number of fused-ring (bicyclic) bond motifs is 3. The normalized spacial score (nSPS) is 49.3. The minimum Gasteiger partial charge on any atom is -0.365 e. The molecular weight excluding hydrogens is 174 g/mol. The van der Waals surface area contributed by atoms with Crippen molar-refractivity contribution in [3.63, 3.8) is 0 Å². The minimum absolute atomic E-state index is 0.107. The molecule has 2 heteroatoms. The Kier molecular flexibility index (Phi) is 1.27. The van der Waals surface area contributed by atoms with Gasteiger partial charge in [-0.15, -0.1) is 0 Å². The Balaban J connectivity index is 1.89. The molecule has 74 valence electrons. The summed E-state index contributed by atoms with van der Waals surface area (Å²) in [7, 11) is 0. The summed E-state index contributed by atoms with van der Waals surface area (Å²) < 4.78 is 6.06. The van der Waals surface area contributed by atoms with Crippen molar-refractivity contribution in [3.8, 4) is 0 Å². The summed E-state index contributed by atoms with van der Waals surface area (Å²) >= 11 is 0. The maximum Gasteiger partial charge on any atom is 0.111 e. The summed E-state index contributed by atoms with van der Waals surface area (Å²) in [5, 5.41) is 0. The van der Waals surface area contributed by atoms with Crippen molar-refractivity contribution < 1.29 is 4.74 Å². The molecule has 0 amide bonds. The second-order valence-corrected chi connectivity index (χ2v) is 4.89. The standard InChI is InChI=1S/C12H15NO/c1-2-11-12-8-10(13(11)6-1)4-3-9(12)5-7-14-12/h3-5,10-11H,1-2,6-8H2/t10-,11-,12+/m1/s1. The Bertz CT molecular complexity index is 346. The molecule has 2 bridgehead atoms. The summed E-state index contributed by atoms with van der Waals surface area (Å²) in [5.41, 5.74) is 1.57. The van der Waals surface area contributed by atoms with Crippen molar-refractivity contribution >= 4 is 0 Å². The van der Waals surface area contributed by atoms with Crippen LogP contribution in [0.1, 0.15) is 19.3 Å². The molecule has 0 saturated carbocycles. The highest BCUT2D eigenvalue weighted by molar-refractivity contribution is 5.43. The molecule has 0 aromatic rings. The van der Waals surface area contributed by atoms with Crippen molar-refractivity contribution in [2.24, 2.45) is 0 Å². The molecule has 2 saturated heterocycles. The van der Waals surface area contributed by atoms with Gasteiger partial charge < -0.3 is 4.74 Å². The van der Waals surface area contributed by atoms with Crippen LogP contribution >= 0.6 is 0 Å². The van der Waals surface area contributed by atoms with Crippen molar-refractivity contribution in [1.82, 2.24) is 4.90 Å². The van der Waals surface area contributed by atoms with Crippen LogP contribution in [0.5, 0.6) is 0 Å². The van der Waals surface area contributed by atoms with Crippen LogP contribution in [-0.4, -0.2) is 35.7 Å². The van der Waals surface area contributed by atoms with E-state index in [0.717, 1.165) is 6.61 Å². The molecule has 0 N–H and O–H groups in total. The van der Waals surface area contributed by atoms with Gasteiger partial charge in [-0.25, -0.2) is 0 Å². The molecule has 3 aliphatic heterocycles. The second kappa shape index (κ2) is 2.31. The number of ether oxygens (including phenoxy) is 1. The molecule has 3 atom stereocenters. The Morgan fingerprint density at radius 3 is 3.50 bits per heavy atom. The molecule has 14 heavy (non-hydrogen) atoms. The lowest BCUT2D eigenvalue weighted by Crippen LogP contribution is -2.42. The smallest absolute Gasteiger partial charge is 0.111 e. The monoisotopic (exact) mass is 189 g/mol. The van der Waals surface area contributed by atoms with E-state index in [1.807, 2.05) is 0 Å². The highest BCUT2D eigenvalue weighted by Crippen LogP contribution is 2.51. The van der Waals surface area contributed by atoms with E-state index >= 15 is 0 Å². The fraction of sp³-hybridized carbons (Fsp3) is 0.667. The van der Waals surface area contributed by atoms with Gasteiger partial charge in [0.2, 0.25) is 0 Å². The summed E-state index contributed by atoms with van der Waals surface area (Å²) in [6, 6.07) is 1.34. The third kappa shape index (κ3) is 0.686. The SMILES string of the molecule is C1=C[C@@H]2C[C@@]3(OCC=C13)[C@H]1CCCN21. The average Bonchev–Trinajstić information content (AvgIpc) is 2.88. The summed E-state index contributed by atoms with van der Waals surface area (Å²) in [5.74, 6) is 0. The fourth-order valence-corrected chi connectivity index (χ4v) is 3.85. The van der Waals surface area contributed by atoms with E-state index in [1.165, 1.54) is 31.4 Å². The molecular formula is C12H15NO.